The van der Waals surface area contributed by atoms with Crippen LogP contribution in [0.1, 0.15) is 40.9 Å². The number of carbonyl (C=O) groups is 1. The molecule has 0 spiro atoms. The first-order valence-corrected chi connectivity index (χ1v) is 10.8. The Morgan fingerprint density at radius 3 is 2.41 bits per heavy atom. The fourth-order valence-electron chi connectivity index (χ4n) is 3.80. The fourth-order valence-corrected chi connectivity index (χ4v) is 3.80. The Balaban J connectivity index is 1.53. The van der Waals surface area contributed by atoms with Crippen molar-refractivity contribution in [3.05, 3.63) is 108 Å². The molecule has 5 nitrogen and oxygen atoms in total. The largest absolute Gasteiger partial charge is 0.497 e. The van der Waals surface area contributed by atoms with Crippen molar-refractivity contribution in [2.75, 3.05) is 7.11 Å². The minimum Gasteiger partial charge on any atom is -0.497 e. The van der Waals surface area contributed by atoms with Crippen molar-refractivity contribution in [1.82, 2.24) is 15.1 Å². The van der Waals surface area contributed by atoms with Gasteiger partial charge in [0.25, 0.3) is 5.91 Å². The molecule has 1 amide bonds. The van der Waals surface area contributed by atoms with E-state index in [0.717, 1.165) is 41.0 Å². The molecule has 1 heterocycles. The van der Waals surface area contributed by atoms with E-state index in [1.165, 1.54) is 0 Å². The van der Waals surface area contributed by atoms with Gasteiger partial charge in [-0.3, -0.25) is 9.48 Å². The molecule has 4 rings (SSSR count). The molecular weight excluding hydrogens is 398 g/mol. The molecule has 1 N–H and O–H groups in total. The summed E-state index contributed by atoms with van der Waals surface area (Å²) in [6, 6.07) is 25.7. The third-order valence-corrected chi connectivity index (χ3v) is 5.57. The summed E-state index contributed by atoms with van der Waals surface area (Å²) >= 11 is 0. The molecule has 4 aromatic rings. The highest BCUT2D eigenvalue weighted by Crippen LogP contribution is 2.26. The van der Waals surface area contributed by atoms with Crippen LogP contribution in [-0.2, 0) is 6.54 Å². The Bertz CT molecular complexity index is 1150. The van der Waals surface area contributed by atoms with Crippen LogP contribution in [0.2, 0.25) is 0 Å². The predicted octanol–water partition coefficient (Wildman–Crippen LogP) is 5.49. The number of aromatic nitrogens is 2. The van der Waals surface area contributed by atoms with Gasteiger partial charge in [0.05, 0.1) is 19.7 Å². The lowest BCUT2D eigenvalue weighted by molar-refractivity contribution is 0.0936. The van der Waals surface area contributed by atoms with Crippen LogP contribution in [0, 0.1) is 0 Å². The van der Waals surface area contributed by atoms with Crippen LogP contribution in [0.5, 0.6) is 5.75 Å². The maximum absolute atomic E-state index is 13.2. The highest BCUT2D eigenvalue weighted by molar-refractivity contribution is 6.01. The summed E-state index contributed by atoms with van der Waals surface area (Å²) in [6.45, 7) is 2.79. The minimum absolute atomic E-state index is 0.0714. The van der Waals surface area contributed by atoms with Gasteiger partial charge in [-0.25, -0.2) is 0 Å². The fraction of sp³-hybridized carbons (Fsp3) is 0.185. The van der Waals surface area contributed by atoms with Crippen LogP contribution < -0.4 is 10.1 Å². The van der Waals surface area contributed by atoms with Crippen molar-refractivity contribution in [1.29, 1.82) is 0 Å². The molecule has 0 aliphatic heterocycles. The molecule has 0 aliphatic carbocycles. The molecule has 0 saturated carbocycles. The summed E-state index contributed by atoms with van der Waals surface area (Å²) in [7, 11) is 1.65. The average molecular weight is 426 g/mol. The zero-order valence-corrected chi connectivity index (χ0v) is 18.4. The number of benzene rings is 3. The number of hydrogen-bond donors (Lipinski definition) is 1. The van der Waals surface area contributed by atoms with E-state index in [1.54, 1.807) is 13.3 Å². The van der Waals surface area contributed by atoms with E-state index >= 15 is 0 Å². The zero-order valence-electron chi connectivity index (χ0n) is 18.4. The molecule has 32 heavy (non-hydrogen) atoms. The molecule has 0 bridgehead atoms. The maximum atomic E-state index is 13.2. The number of methoxy groups -OCH3 is 1. The van der Waals surface area contributed by atoms with Gasteiger partial charge in [-0.05, 0) is 52.9 Å². The van der Waals surface area contributed by atoms with Crippen LogP contribution in [-0.4, -0.2) is 22.8 Å². The Labute approximate surface area is 188 Å². The highest BCUT2D eigenvalue weighted by Gasteiger charge is 2.17. The van der Waals surface area contributed by atoms with Gasteiger partial charge in [-0.2, -0.15) is 5.10 Å². The summed E-state index contributed by atoms with van der Waals surface area (Å²) in [5.74, 6) is 0.722. The van der Waals surface area contributed by atoms with Gasteiger partial charge in [0.1, 0.15) is 5.75 Å². The second kappa shape index (κ2) is 9.96. The van der Waals surface area contributed by atoms with Gasteiger partial charge in [0.15, 0.2) is 0 Å². The molecule has 3 aromatic carbocycles. The molecule has 5 heteroatoms. The Morgan fingerprint density at radius 1 is 1.00 bits per heavy atom. The van der Waals surface area contributed by atoms with Crippen molar-refractivity contribution < 1.29 is 9.53 Å². The van der Waals surface area contributed by atoms with E-state index in [0.29, 0.717) is 5.56 Å². The minimum atomic E-state index is -0.0797. The molecule has 0 aliphatic rings. The van der Waals surface area contributed by atoms with E-state index in [2.05, 4.69) is 41.6 Å². The molecule has 0 radical (unpaired) electrons. The second-order valence-corrected chi connectivity index (χ2v) is 7.65. The van der Waals surface area contributed by atoms with Crippen LogP contribution >= 0.6 is 0 Å². The van der Waals surface area contributed by atoms with Crippen LogP contribution in [0.25, 0.3) is 11.1 Å². The monoisotopic (exact) mass is 425 g/mol. The van der Waals surface area contributed by atoms with Crippen molar-refractivity contribution in [2.45, 2.75) is 25.9 Å². The standard InChI is InChI=1S/C27H27N3O2/c1-3-26(22-13-15-23(32-2)16-14-22)29-27(31)25-8-5-4-7-24(25)21-11-9-20(10-12-21)19-30-18-6-17-28-30/h4-18,26H,3,19H2,1-2H3,(H,29,31). The van der Waals surface area contributed by atoms with Crippen LogP contribution in [0.15, 0.2) is 91.3 Å². The molecular formula is C27H27N3O2. The van der Waals surface area contributed by atoms with E-state index in [4.69, 9.17) is 4.74 Å². The number of amides is 1. The van der Waals surface area contributed by atoms with Gasteiger partial charge in [-0.15, -0.1) is 0 Å². The number of nitrogens with zero attached hydrogens (tertiary/aromatic N) is 2. The quantitative estimate of drug-likeness (QED) is 0.406. The van der Waals surface area contributed by atoms with Crippen molar-refractivity contribution in [3.63, 3.8) is 0 Å². The lowest BCUT2D eigenvalue weighted by atomic mass is 9.97. The van der Waals surface area contributed by atoms with E-state index in [9.17, 15) is 4.79 Å². The van der Waals surface area contributed by atoms with Crippen molar-refractivity contribution in [3.8, 4) is 16.9 Å². The number of nitrogens with one attached hydrogen (secondary N) is 1. The first-order chi connectivity index (χ1) is 15.7. The lowest BCUT2D eigenvalue weighted by Crippen LogP contribution is -2.28. The number of hydrogen-bond acceptors (Lipinski definition) is 3. The highest BCUT2D eigenvalue weighted by atomic mass is 16.5. The van der Waals surface area contributed by atoms with Gasteiger partial charge in [0.2, 0.25) is 0 Å². The van der Waals surface area contributed by atoms with Crippen molar-refractivity contribution in [2.24, 2.45) is 0 Å². The number of carbonyl (C=O) groups excluding carboxylic acids is 1. The number of ether oxygens (including phenoxy) is 1. The van der Waals surface area contributed by atoms with E-state index in [-0.39, 0.29) is 11.9 Å². The predicted molar refractivity (Wildman–Crippen MR) is 127 cm³/mol. The first kappa shape index (κ1) is 21.4. The molecule has 162 valence electrons. The first-order valence-electron chi connectivity index (χ1n) is 10.8. The third kappa shape index (κ3) is 4.89. The summed E-state index contributed by atoms with van der Waals surface area (Å²) in [5, 5.41) is 7.45. The average Bonchev–Trinajstić information content (AvgIpc) is 3.36. The van der Waals surface area contributed by atoms with Crippen LogP contribution in [0.3, 0.4) is 0 Å². The normalized spacial score (nSPS) is 11.7. The molecule has 1 unspecified atom stereocenters. The summed E-state index contributed by atoms with van der Waals surface area (Å²) < 4.78 is 7.13. The van der Waals surface area contributed by atoms with Crippen LogP contribution in [0.4, 0.5) is 0 Å². The van der Waals surface area contributed by atoms with Gasteiger partial charge in [-0.1, -0.05) is 61.5 Å². The molecule has 1 atom stereocenters. The SMILES string of the molecule is CCC(NC(=O)c1ccccc1-c1ccc(Cn2cccn2)cc1)c1ccc(OC)cc1. The van der Waals surface area contributed by atoms with E-state index < -0.39 is 0 Å². The Kier molecular flexibility index (Phi) is 6.66. The summed E-state index contributed by atoms with van der Waals surface area (Å²) in [4.78, 5) is 13.2. The molecule has 0 fully saturated rings. The summed E-state index contributed by atoms with van der Waals surface area (Å²) in [6.07, 6.45) is 4.52. The topological polar surface area (TPSA) is 56.2 Å². The maximum Gasteiger partial charge on any atom is 0.252 e. The lowest BCUT2D eigenvalue weighted by Gasteiger charge is -2.19. The molecule has 1 aromatic heterocycles. The summed E-state index contributed by atoms with van der Waals surface area (Å²) in [5.41, 5.74) is 4.81. The smallest absolute Gasteiger partial charge is 0.252 e. The second-order valence-electron chi connectivity index (χ2n) is 7.65. The van der Waals surface area contributed by atoms with Crippen molar-refractivity contribution >= 4 is 5.91 Å². The Morgan fingerprint density at radius 2 is 1.75 bits per heavy atom. The van der Waals surface area contributed by atoms with Gasteiger partial charge < -0.3 is 10.1 Å². The van der Waals surface area contributed by atoms with Gasteiger partial charge in [0, 0.05) is 18.0 Å². The zero-order chi connectivity index (χ0) is 22.3. The Hall–Kier alpha value is -3.86. The molecule has 0 saturated heterocycles. The number of rotatable bonds is 8. The van der Waals surface area contributed by atoms with Gasteiger partial charge >= 0.3 is 0 Å². The third-order valence-electron chi connectivity index (χ3n) is 5.57. The van der Waals surface area contributed by atoms with E-state index in [1.807, 2.05) is 65.5 Å².